The lowest BCUT2D eigenvalue weighted by Crippen LogP contribution is -2.13. The molecule has 0 N–H and O–H groups in total. The maximum absolute atomic E-state index is 12.7. The molecule has 1 aromatic carbocycles. The molecule has 2 aliphatic rings. The predicted molar refractivity (Wildman–Crippen MR) is 161 cm³/mol. The lowest BCUT2D eigenvalue weighted by Gasteiger charge is -2.15. The molecule has 0 amide bonds. The molecular weight excluding hydrogens is 532 g/mol. The second-order valence-electron chi connectivity index (χ2n) is 13.1. The zero-order valence-electron chi connectivity index (χ0n) is 24.0. The quantitative estimate of drug-likeness (QED) is 0.163. The summed E-state index contributed by atoms with van der Waals surface area (Å²) in [6.07, 6.45) is 10.8. The third-order valence-electron chi connectivity index (χ3n) is 8.53. The molecule has 4 heterocycles. The van der Waals surface area contributed by atoms with Gasteiger partial charge >= 0.3 is 0 Å². The minimum absolute atomic E-state index is 0.113. The second-order valence-corrected chi connectivity index (χ2v) is 14.1. The highest BCUT2D eigenvalue weighted by atomic mass is 32.1. The summed E-state index contributed by atoms with van der Waals surface area (Å²) in [5.74, 6) is 2.60. The Labute approximate surface area is 243 Å². The molecule has 0 radical (unpaired) electrons. The van der Waals surface area contributed by atoms with E-state index >= 15 is 0 Å². The van der Waals surface area contributed by atoms with E-state index in [1.165, 1.54) is 38.5 Å². The van der Waals surface area contributed by atoms with Crippen LogP contribution in [0.2, 0.25) is 0 Å². The largest absolute Gasteiger partial charge is 0.477 e. The van der Waals surface area contributed by atoms with Crippen LogP contribution in [-0.4, -0.2) is 31.9 Å². The number of pyridine rings is 1. The molecule has 0 saturated heterocycles. The van der Waals surface area contributed by atoms with Crippen molar-refractivity contribution in [1.29, 1.82) is 0 Å². The van der Waals surface area contributed by atoms with Gasteiger partial charge in [-0.15, -0.1) is 0 Å². The topological polar surface area (TPSA) is 82.5 Å². The molecule has 212 valence electrons. The van der Waals surface area contributed by atoms with Crippen molar-refractivity contribution < 1.29 is 14.1 Å². The van der Waals surface area contributed by atoms with Gasteiger partial charge in [-0.05, 0) is 43.2 Å². The Kier molecular flexibility index (Phi) is 6.49. The highest BCUT2D eigenvalue weighted by Crippen LogP contribution is 2.52. The monoisotopic (exact) mass is 568 g/mol. The number of fused-ring (bicyclic) bond motifs is 3. The average molecular weight is 569 g/mol. The van der Waals surface area contributed by atoms with Gasteiger partial charge < -0.3 is 9.26 Å². The Bertz CT molecular complexity index is 1710. The first-order valence-electron chi connectivity index (χ1n) is 14.7. The number of thiazole rings is 1. The molecule has 0 spiro atoms. The van der Waals surface area contributed by atoms with Crippen LogP contribution in [0.4, 0.5) is 0 Å². The van der Waals surface area contributed by atoms with Gasteiger partial charge in [-0.2, -0.15) is 0 Å². The molecule has 0 atom stereocenters. The molecule has 7 rings (SSSR count). The predicted octanol–water partition coefficient (Wildman–Crippen LogP) is 7.60. The fourth-order valence-corrected chi connectivity index (χ4v) is 6.38. The van der Waals surface area contributed by atoms with Crippen LogP contribution in [0.15, 0.2) is 53.2 Å². The van der Waals surface area contributed by atoms with Gasteiger partial charge in [0.2, 0.25) is 5.88 Å². The summed E-state index contributed by atoms with van der Waals surface area (Å²) in [6.45, 7) is 6.98. The number of Topliss-reactive ketones (excluding diaryl/α,β-unsaturated/α-hetero) is 1. The van der Waals surface area contributed by atoms with Crippen LogP contribution in [0.5, 0.6) is 5.88 Å². The number of benzene rings is 1. The summed E-state index contributed by atoms with van der Waals surface area (Å²) in [7, 11) is 0. The third kappa shape index (κ3) is 5.80. The van der Waals surface area contributed by atoms with E-state index in [2.05, 4.69) is 42.6 Å². The van der Waals surface area contributed by atoms with Gasteiger partial charge in [0.25, 0.3) is 0 Å². The standard InChI is InChI=1S/C33H36N4O3S/c1-32(2,3)28-18-24(36-40-28)17-25(38)16-22-6-8-23(9-7-22)26-19-37-27-10-11-29(35-30(27)41-31(37)34-26)39-20-33(14-15-33)13-12-21-4-5-21/h6-11,18-19,21H,4-5,12-17,20H2,1-3H3. The minimum atomic E-state index is -0.125. The Morgan fingerprint density at radius 3 is 2.61 bits per heavy atom. The van der Waals surface area contributed by atoms with E-state index in [1.807, 2.05) is 36.4 Å². The molecule has 0 bridgehead atoms. The van der Waals surface area contributed by atoms with Crippen molar-refractivity contribution in [3.63, 3.8) is 0 Å². The van der Waals surface area contributed by atoms with E-state index in [0.717, 1.165) is 50.4 Å². The van der Waals surface area contributed by atoms with Crippen molar-refractivity contribution in [2.45, 2.75) is 77.6 Å². The van der Waals surface area contributed by atoms with Crippen LogP contribution < -0.4 is 4.74 Å². The third-order valence-corrected chi connectivity index (χ3v) is 9.49. The first kappa shape index (κ1) is 26.4. The van der Waals surface area contributed by atoms with Crippen LogP contribution >= 0.6 is 11.3 Å². The smallest absolute Gasteiger partial charge is 0.214 e. The highest BCUT2D eigenvalue weighted by molar-refractivity contribution is 7.23. The van der Waals surface area contributed by atoms with Gasteiger partial charge in [-0.1, -0.05) is 74.4 Å². The average Bonchev–Trinajstić information content (AvgIpc) is 3.79. The zero-order valence-corrected chi connectivity index (χ0v) is 24.8. The molecule has 0 unspecified atom stereocenters. The number of nitrogens with zero attached hydrogens (tertiary/aromatic N) is 4. The van der Waals surface area contributed by atoms with E-state index in [4.69, 9.17) is 19.2 Å². The Morgan fingerprint density at radius 1 is 1.10 bits per heavy atom. The molecule has 7 nitrogen and oxygen atoms in total. The van der Waals surface area contributed by atoms with Gasteiger partial charge in [0.05, 0.1) is 29.9 Å². The van der Waals surface area contributed by atoms with E-state index in [-0.39, 0.29) is 17.6 Å². The van der Waals surface area contributed by atoms with E-state index in [0.29, 0.717) is 23.4 Å². The molecule has 4 aromatic heterocycles. The van der Waals surface area contributed by atoms with Crippen molar-refractivity contribution in [3.05, 3.63) is 65.7 Å². The van der Waals surface area contributed by atoms with Gasteiger partial charge in [-0.25, -0.2) is 9.97 Å². The fourth-order valence-electron chi connectivity index (χ4n) is 5.41. The molecule has 2 saturated carbocycles. The van der Waals surface area contributed by atoms with Gasteiger partial charge in [-0.3, -0.25) is 9.20 Å². The Balaban J connectivity index is 0.988. The number of hydrogen-bond acceptors (Lipinski definition) is 7. The van der Waals surface area contributed by atoms with Crippen molar-refractivity contribution >= 4 is 32.4 Å². The second kappa shape index (κ2) is 10.1. The lowest BCUT2D eigenvalue weighted by molar-refractivity contribution is -0.117. The zero-order chi connectivity index (χ0) is 28.2. The summed E-state index contributed by atoms with van der Waals surface area (Å²) in [4.78, 5) is 24.2. The number of aromatic nitrogens is 4. The van der Waals surface area contributed by atoms with Crippen molar-refractivity contribution in [3.8, 4) is 17.1 Å². The first-order chi connectivity index (χ1) is 19.7. The maximum atomic E-state index is 12.7. The number of hydrogen-bond donors (Lipinski definition) is 0. The lowest BCUT2D eigenvalue weighted by atomic mass is 9.93. The highest BCUT2D eigenvalue weighted by Gasteiger charge is 2.44. The number of ether oxygens (including phenoxy) is 1. The molecule has 0 aliphatic heterocycles. The van der Waals surface area contributed by atoms with E-state index in [1.54, 1.807) is 11.3 Å². The van der Waals surface area contributed by atoms with Crippen LogP contribution in [0.1, 0.15) is 76.3 Å². The van der Waals surface area contributed by atoms with Crippen molar-refractivity contribution in [1.82, 2.24) is 19.5 Å². The maximum Gasteiger partial charge on any atom is 0.214 e. The van der Waals surface area contributed by atoms with Gasteiger partial charge in [0.15, 0.2) is 4.96 Å². The summed E-state index contributed by atoms with van der Waals surface area (Å²) in [6, 6.07) is 14.0. The van der Waals surface area contributed by atoms with Crippen LogP contribution in [0.25, 0.3) is 26.6 Å². The summed E-state index contributed by atoms with van der Waals surface area (Å²) in [5, 5.41) is 4.08. The number of carbonyl (C=O) groups excluding carboxylic acids is 1. The first-order valence-corrected chi connectivity index (χ1v) is 15.5. The summed E-state index contributed by atoms with van der Waals surface area (Å²) < 4.78 is 13.7. The van der Waals surface area contributed by atoms with Crippen molar-refractivity contribution in [2.24, 2.45) is 11.3 Å². The van der Waals surface area contributed by atoms with Crippen LogP contribution in [0, 0.1) is 11.3 Å². The molecule has 5 aromatic rings. The number of imidazole rings is 1. The Hall–Kier alpha value is -3.52. The van der Waals surface area contributed by atoms with Crippen LogP contribution in [-0.2, 0) is 23.1 Å². The van der Waals surface area contributed by atoms with Gasteiger partial charge in [0, 0.05) is 41.1 Å². The normalized spacial score (nSPS) is 16.5. The fraction of sp³-hybridized carbons (Fsp3) is 0.455. The molecular formula is C33H36N4O3S. The van der Waals surface area contributed by atoms with E-state index in [9.17, 15) is 4.79 Å². The minimum Gasteiger partial charge on any atom is -0.477 e. The van der Waals surface area contributed by atoms with Gasteiger partial charge in [0.1, 0.15) is 16.4 Å². The van der Waals surface area contributed by atoms with Crippen LogP contribution in [0.3, 0.4) is 0 Å². The SMILES string of the molecule is CC(C)(C)c1cc(CC(=O)Cc2ccc(-c3cn4c(n3)sc3nc(OCC5(CCC6CC6)CC5)ccc34)cc2)no1. The summed E-state index contributed by atoms with van der Waals surface area (Å²) >= 11 is 1.58. The number of ketones is 1. The summed E-state index contributed by atoms with van der Waals surface area (Å²) in [5.41, 5.74) is 4.89. The van der Waals surface area contributed by atoms with E-state index < -0.39 is 0 Å². The molecule has 41 heavy (non-hydrogen) atoms. The number of rotatable bonds is 11. The molecule has 2 aliphatic carbocycles. The number of carbonyl (C=O) groups is 1. The molecule has 8 heteroatoms. The Morgan fingerprint density at radius 2 is 1.90 bits per heavy atom. The van der Waals surface area contributed by atoms with Crippen molar-refractivity contribution in [2.75, 3.05) is 6.61 Å². The molecule has 2 fully saturated rings.